The molecule has 1 aromatic rings. The summed E-state index contributed by atoms with van der Waals surface area (Å²) in [7, 11) is 0. The number of hydrogen-bond acceptors (Lipinski definition) is 3. The molecule has 0 saturated carbocycles. The van der Waals surface area contributed by atoms with E-state index in [0.29, 0.717) is 12.2 Å². The summed E-state index contributed by atoms with van der Waals surface area (Å²) in [4.78, 5) is 11.1. The van der Waals surface area contributed by atoms with Gasteiger partial charge in [-0.05, 0) is 23.6 Å². The summed E-state index contributed by atoms with van der Waals surface area (Å²) in [5.74, 6) is -0.910. The van der Waals surface area contributed by atoms with Gasteiger partial charge >= 0.3 is 0 Å². The second-order valence-electron chi connectivity index (χ2n) is 4.21. The minimum Gasteiger partial charge on any atom is -0.490 e. The summed E-state index contributed by atoms with van der Waals surface area (Å²) in [5, 5.41) is 0. The lowest BCUT2D eigenvalue weighted by Gasteiger charge is -2.12. The van der Waals surface area contributed by atoms with E-state index in [2.05, 4.69) is 0 Å². The molecule has 0 atom stereocenters. The van der Waals surface area contributed by atoms with E-state index in [1.807, 2.05) is 13.8 Å². The highest BCUT2D eigenvalue weighted by Crippen LogP contribution is 2.22. The van der Waals surface area contributed by atoms with Gasteiger partial charge in [-0.15, -0.1) is 0 Å². The molecule has 0 radical (unpaired) electrons. The van der Waals surface area contributed by atoms with E-state index >= 15 is 0 Å². The van der Waals surface area contributed by atoms with Crippen molar-refractivity contribution in [2.75, 3.05) is 6.61 Å². The molecule has 4 N–H and O–H groups in total. The fourth-order valence-electron chi connectivity index (χ4n) is 1.36. The first kappa shape index (κ1) is 13.4. The first-order chi connectivity index (χ1) is 7.95. The third-order valence-corrected chi connectivity index (χ3v) is 2.22. The SMILES string of the molecule is CC(C)COc1cc(CN)c(C(N)=O)cc1F. The van der Waals surface area contributed by atoms with Crippen LogP contribution in [0.15, 0.2) is 12.1 Å². The fourth-order valence-corrected chi connectivity index (χ4v) is 1.36. The predicted molar refractivity (Wildman–Crippen MR) is 63.1 cm³/mol. The van der Waals surface area contributed by atoms with Crippen LogP contribution in [-0.4, -0.2) is 12.5 Å². The number of ether oxygens (including phenoxy) is 1. The number of primary amides is 1. The first-order valence-corrected chi connectivity index (χ1v) is 5.40. The summed E-state index contributed by atoms with van der Waals surface area (Å²) < 4.78 is 18.9. The number of halogens is 1. The maximum absolute atomic E-state index is 13.6. The molecule has 1 amide bonds. The monoisotopic (exact) mass is 240 g/mol. The van der Waals surface area contributed by atoms with Gasteiger partial charge in [0.2, 0.25) is 5.91 Å². The zero-order valence-corrected chi connectivity index (χ0v) is 10.00. The van der Waals surface area contributed by atoms with Crippen LogP contribution in [0.5, 0.6) is 5.75 Å². The van der Waals surface area contributed by atoms with Crippen molar-refractivity contribution in [2.24, 2.45) is 17.4 Å². The standard InChI is InChI=1S/C12H17FN2O2/c1-7(2)6-17-11-3-8(5-14)9(12(15)16)4-10(11)13/h3-4,7H,5-6,14H2,1-2H3,(H2,15,16). The summed E-state index contributed by atoms with van der Waals surface area (Å²) in [6.45, 7) is 4.42. The Bertz CT molecular complexity index is 419. The van der Waals surface area contributed by atoms with Gasteiger partial charge in [0.15, 0.2) is 11.6 Å². The van der Waals surface area contributed by atoms with Crippen LogP contribution < -0.4 is 16.2 Å². The Labute approximate surface area is 99.7 Å². The number of carbonyl (C=O) groups is 1. The Kier molecular flexibility index (Phi) is 4.45. The third-order valence-electron chi connectivity index (χ3n) is 2.22. The number of hydrogen-bond donors (Lipinski definition) is 2. The Morgan fingerprint density at radius 2 is 2.12 bits per heavy atom. The molecule has 0 saturated heterocycles. The molecule has 0 aromatic heterocycles. The van der Waals surface area contributed by atoms with Crippen LogP contribution in [0.4, 0.5) is 4.39 Å². The van der Waals surface area contributed by atoms with Gasteiger partial charge < -0.3 is 16.2 Å². The molecular formula is C12H17FN2O2. The molecule has 17 heavy (non-hydrogen) atoms. The van der Waals surface area contributed by atoms with Gasteiger partial charge in [0.1, 0.15) is 0 Å². The van der Waals surface area contributed by atoms with Crippen LogP contribution in [0.3, 0.4) is 0 Å². The van der Waals surface area contributed by atoms with Gasteiger partial charge in [-0.25, -0.2) is 4.39 Å². The Hall–Kier alpha value is -1.62. The minimum atomic E-state index is -0.695. The first-order valence-electron chi connectivity index (χ1n) is 5.40. The Morgan fingerprint density at radius 1 is 1.47 bits per heavy atom. The zero-order chi connectivity index (χ0) is 13.0. The quantitative estimate of drug-likeness (QED) is 0.817. The van der Waals surface area contributed by atoms with Crippen LogP contribution in [0, 0.1) is 11.7 Å². The lowest BCUT2D eigenvalue weighted by molar-refractivity contribution is 0.0999. The van der Waals surface area contributed by atoms with E-state index in [1.165, 1.54) is 6.07 Å². The average molecular weight is 240 g/mol. The van der Waals surface area contributed by atoms with Crippen LogP contribution in [0.2, 0.25) is 0 Å². The number of carbonyl (C=O) groups excluding carboxylic acids is 1. The van der Waals surface area contributed by atoms with Crippen LogP contribution >= 0.6 is 0 Å². The lowest BCUT2D eigenvalue weighted by atomic mass is 10.1. The second-order valence-corrected chi connectivity index (χ2v) is 4.21. The van der Waals surface area contributed by atoms with Crippen molar-refractivity contribution in [3.05, 3.63) is 29.1 Å². The summed E-state index contributed by atoms with van der Waals surface area (Å²) in [5.41, 5.74) is 11.2. The molecule has 0 fully saturated rings. The number of benzene rings is 1. The van der Waals surface area contributed by atoms with Crippen molar-refractivity contribution in [1.29, 1.82) is 0 Å². The zero-order valence-electron chi connectivity index (χ0n) is 10.00. The Morgan fingerprint density at radius 3 is 2.59 bits per heavy atom. The average Bonchev–Trinajstić information content (AvgIpc) is 2.26. The normalized spacial score (nSPS) is 10.6. The van der Waals surface area contributed by atoms with E-state index in [-0.39, 0.29) is 23.8 Å². The van der Waals surface area contributed by atoms with E-state index < -0.39 is 11.7 Å². The van der Waals surface area contributed by atoms with Crippen molar-refractivity contribution in [3.63, 3.8) is 0 Å². The molecule has 94 valence electrons. The van der Waals surface area contributed by atoms with Crippen LogP contribution in [0.1, 0.15) is 29.8 Å². The molecule has 4 nitrogen and oxygen atoms in total. The van der Waals surface area contributed by atoms with Gasteiger partial charge in [-0.1, -0.05) is 13.8 Å². The van der Waals surface area contributed by atoms with E-state index in [4.69, 9.17) is 16.2 Å². The van der Waals surface area contributed by atoms with E-state index in [1.54, 1.807) is 0 Å². The molecule has 0 aliphatic carbocycles. The van der Waals surface area contributed by atoms with Gasteiger partial charge in [0, 0.05) is 12.1 Å². The lowest BCUT2D eigenvalue weighted by Crippen LogP contribution is -2.16. The highest BCUT2D eigenvalue weighted by Gasteiger charge is 2.14. The van der Waals surface area contributed by atoms with Crippen LogP contribution in [0.25, 0.3) is 0 Å². The summed E-state index contributed by atoms with van der Waals surface area (Å²) >= 11 is 0. The molecular weight excluding hydrogens is 223 g/mol. The molecule has 0 unspecified atom stereocenters. The summed E-state index contributed by atoms with van der Waals surface area (Å²) in [6.07, 6.45) is 0. The number of nitrogens with two attached hydrogens (primary N) is 2. The highest BCUT2D eigenvalue weighted by atomic mass is 19.1. The predicted octanol–water partition coefficient (Wildman–Crippen LogP) is 1.42. The van der Waals surface area contributed by atoms with Crippen molar-refractivity contribution in [2.45, 2.75) is 20.4 Å². The molecule has 0 heterocycles. The molecule has 0 spiro atoms. The number of amides is 1. The van der Waals surface area contributed by atoms with Crippen LogP contribution in [-0.2, 0) is 6.54 Å². The van der Waals surface area contributed by atoms with Gasteiger partial charge in [0.05, 0.1) is 6.61 Å². The van der Waals surface area contributed by atoms with Crippen molar-refractivity contribution < 1.29 is 13.9 Å². The smallest absolute Gasteiger partial charge is 0.249 e. The van der Waals surface area contributed by atoms with Crippen molar-refractivity contribution >= 4 is 5.91 Å². The number of rotatable bonds is 5. The molecule has 5 heteroatoms. The molecule has 1 aromatic carbocycles. The Balaban J connectivity index is 3.04. The summed E-state index contributed by atoms with van der Waals surface area (Å²) in [6, 6.07) is 2.50. The van der Waals surface area contributed by atoms with E-state index in [9.17, 15) is 9.18 Å². The maximum Gasteiger partial charge on any atom is 0.249 e. The largest absolute Gasteiger partial charge is 0.490 e. The van der Waals surface area contributed by atoms with Gasteiger partial charge in [-0.3, -0.25) is 4.79 Å². The maximum atomic E-state index is 13.6. The topological polar surface area (TPSA) is 78.3 Å². The van der Waals surface area contributed by atoms with Crippen molar-refractivity contribution in [3.8, 4) is 5.75 Å². The molecule has 0 bridgehead atoms. The second kappa shape index (κ2) is 5.63. The molecule has 0 aliphatic rings. The third kappa shape index (κ3) is 3.42. The fraction of sp³-hybridized carbons (Fsp3) is 0.417. The molecule has 1 rings (SSSR count). The van der Waals surface area contributed by atoms with Crippen molar-refractivity contribution in [1.82, 2.24) is 0 Å². The highest BCUT2D eigenvalue weighted by molar-refractivity contribution is 5.94. The van der Waals surface area contributed by atoms with Gasteiger partial charge in [-0.2, -0.15) is 0 Å². The minimum absolute atomic E-state index is 0.0990. The molecule has 0 aliphatic heterocycles. The van der Waals surface area contributed by atoms with Gasteiger partial charge in [0.25, 0.3) is 0 Å². The van der Waals surface area contributed by atoms with E-state index in [0.717, 1.165) is 6.07 Å².